The van der Waals surface area contributed by atoms with Crippen molar-refractivity contribution in [3.8, 4) is 22.6 Å². The average Bonchev–Trinajstić information content (AvgIpc) is 2.66. The van der Waals surface area contributed by atoms with E-state index >= 15 is 0 Å². The van der Waals surface area contributed by atoms with E-state index in [0.29, 0.717) is 16.5 Å². The summed E-state index contributed by atoms with van der Waals surface area (Å²) >= 11 is 9.39. The highest BCUT2D eigenvalue weighted by Crippen LogP contribution is 2.25. The SMILES string of the molecule is CC(C)(O)CNC(=O)c1cc(-c2ccc(Cl)cc2)nc(-c2ccc(Br)cc2)n1. The molecule has 0 atom stereocenters. The number of amides is 1. The third-order valence-electron chi connectivity index (χ3n) is 3.88. The number of carbonyl (C=O) groups is 1. The van der Waals surface area contributed by atoms with Crippen LogP contribution in [0.3, 0.4) is 0 Å². The smallest absolute Gasteiger partial charge is 0.270 e. The monoisotopic (exact) mass is 459 g/mol. The van der Waals surface area contributed by atoms with E-state index in [2.05, 4.69) is 31.2 Å². The Morgan fingerprint density at radius 3 is 2.29 bits per heavy atom. The molecule has 144 valence electrons. The number of nitrogens with zero attached hydrogens (tertiary/aromatic N) is 2. The molecule has 28 heavy (non-hydrogen) atoms. The van der Waals surface area contributed by atoms with Crippen LogP contribution >= 0.6 is 27.5 Å². The maximum Gasteiger partial charge on any atom is 0.270 e. The second kappa shape index (κ2) is 8.39. The van der Waals surface area contributed by atoms with Crippen molar-refractivity contribution in [1.82, 2.24) is 15.3 Å². The lowest BCUT2D eigenvalue weighted by Gasteiger charge is -2.17. The zero-order valence-electron chi connectivity index (χ0n) is 15.4. The van der Waals surface area contributed by atoms with Crippen LogP contribution in [0, 0.1) is 0 Å². The molecule has 1 aromatic heterocycles. The number of hydrogen-bond donors (Lipinski definition) is 2. The van der Waals surface area contributed by atoms with Crippen LogP contribution in [-0.4, -0.2) is 33.1 Å². The molecule has 2 N–H and O–H groups in total. The van der Waals surface area contributed by atoms with Gasteiger partial charge in [-0.1, -0.05) is 51.8 Å². The van der Waals surface area contributed by atoms with Gasteiger partial charge in [0.1, 0.15) is 5.69 Å². The Bertz CT molecular complexity index is 920. The van der Waals surface area contributed by atoms with Gasteiger partial charge in [-0.05, 0) is 44.2 Å². The number of carbonyl (C=O) groups excluding carboxylic acids is 1. The molecule has 7 heteroatoms. The predicted molar refractivity (Wildman–Crippen MR) is 114 cm³/mol. The first-order chi connectivity index (χ1) is 13.2. The molecule has 0 radical (unpaired) electrons. The Morgan fingerprint density at radius 2 is 1.68 bits per heavy atom. The third kappa shape index (κ3) is 5.38. The van der Waals surface area contributed by atoms with Crippen molar-refractivity contribution < 1.29 is 9.90 Å². The summed E-state index contributed by atoms with van der Waals surface area (Å²) in [6.45, 7) is 3.36. The largest absolute Gasteiger partial charge is 0.389 e. The Hall–Kier alpha value is -2.28. The number of rotatable bonds is 5. The van der Waals surface area contributed by atoms with Crippen molar-refractivity contribution in [1.29, 1.82) is 0 Å². The summed E-state index contributed by atoms with van der Waals surface area (Å²) in [5.74, 6) is 0.0615. The van der Waals surface area contributed by atoms with Crippen LogP contribution in [0.25, 0.3) is 22.6 Å². The van der Waals surface area contributed by atoms with Gasteiger partial charge in [-0.3, -0.25) is 4.79 Å². The highest BCUT2D eigenvalue weighted by Gasteiger charge is 2.18. The number of aromatic nitrogens is 2. The molecule has 1 heterocycles. The molecular weight excluding hydrogens is 442 g/mol. The van der Waals surface area contributed by atoms with Gasteiger partial charge >= 0.3 is 0 Å². The second-order valence-electron chi connectivity index (χ2n) is 6.97. The second-order valence-corrected chi connectivity index (χ2v) is 8.32. The van der Waals surface area contributed by atoms with E-state index in [0.717, 1.165) is 15.6 Å². The first-order valence-electron chi connectivity index (χ1n) is 8.63. The van der Waals surface area contributed by atoms with Crippen molar-refractivity contribution >= 4 is 33.4 Å². The zero-order valence-corrected chi connectivity index (χ0v) is 17.8. The van der Waals surface area contributed by atoms with Crippen LogP contribution < -0.4 is 5.32 Å². The molecule has 1 amide bonds. The Morgan fingerprint density at radius 1 is 1.07 bits per heavy atom. The van der Waals surface area contributed by atoms with Gasteiger partial charge in [0.25, 0.3) is 5.91 Å². The van der Waals surface area contributed by atoms with E-state index in [-0.39, 0.29) is 18.1 Å². The molecule has 0 aliphatic carbocycles. The van der Waals surface area contributed by atoms with E-state index in [1.165, 1.54) is 0 Å². The van der Waals surface area contributed by atoms with Crippen molar-refractivity contribution in [3.63, 3.8) is 0 Å². The van der Waals surface area contributed by atoms with Gasteiger partial charge in [-0.25, -0.2) is 9.97 Å². The molecule has 0 spiro atoms. The minimum atomic E-state index is -1.02. The summed E-state index contributed by atoms with van der Waals surface area (Å²) in [7, 11) is 0. The Labute approximate surface area is 176 Å². The van der Waals surface area contributed by atoms with Crippen LogP contribution in [0.15, 0.2) is 59.1 Å². The van der Waals surface area contributed by atoms with E-state index < -0.39 is 5.60 Å². The van der Waals surface area contributed by atoms with Gasteiger partial charge in [-0.15, -0.1) is 0 Å². The Kier molecular flexibility index (Phi) is 6.13. The summed E-state index contributed by atoms with van der Waals surface area (Å²) < 4.78 is 0.938. The number of nitrogens with one attached hydrogen (secondary N) is 1. The quantitative estimate of drug-likeness (QED) is 0.577. The molecule has 0 bridgehead atoms. The number of benzene rings is 2. The molecule has 3 aromatic rings. The van der Waals surface area contributed by atoms with E-state index in [1.807, 2.05) is 36.4 Å². The topological polar surface area (TPSA) is 75.1 Å². The first-order valence-corrected chi connectivity index (χ1v) is 9.80. The lowest BCUT2D eigenvalue weighted by molar-refractivity contribution is 0.0692. The van der Waals surface area contributed by atoms with Crippen molar-refractivity contribution in [2.24, 2.45) is 0 Å². The van der Waals surface area contributed by atoms with Gasteiger partial charge in [0.15, 0.2) is 5.82 Å². The van der Waals surface area contributed by atoms with Gasteiger partial charge in [0, 0.05) is 27.2 Å². The highest BCUT2D eigenvalue weighted by molar-refractivity contribution is 9.10. The predicted octanol–water partition coefficient (Wildman–Crippen LogP) is 4.73. The van der Waals surface area contributed by atoms with Crippen LogP contribution in [0.5, 0.6) is 0 Å². The molecule has 0 saturated carbocycles. The standard InChI is InChI=1S/C21H19BrClN3O2/c1-21(2,28)12-24-20(27)18-11-17(13-5-9-16(23)10-6-13)25-19(26-18)14-3-7-15(22)8-4-14/h3-11,28H,12H2,1-2H3,(H,24,27). The van der Waals surface area contributed by atoms with Crippen LogP contribution in [0.2, 0.25) is 5.02 Å². The summed E-state index contributed by atoms with van der Waals surface area (Å²) in [6.07, 6.45) is 0. The maximum absolute atomic E-state index is 12.6. The molecule has 5 nitrogen and oxygen atoms in total. The number of hydrogen-bond acceptors (Lipinski definition) is 4. The van der Waals surface area contributed by atoms with E-state index in [9.17, 15) is 9.90 Å². The lowest BCUT2D eigenvalue weighted by Crippen LogP contribution is -2.38. The molecule has 3 rings (SSSR count). The van der Waals surface area contributed by atoms with Crippen molar-refractivity contribution in [2.45, 2.75) is 19.4 Å². The summed E-state index contributed by atoms with van der Waals surface area (Å²) in [5.41, 5.74) is 1.42. The summed E-state index contributed by atoms with van der Waals surface area (Å²) in [5, 5.41) is 13.2. The number of halogens is 2. The summed E-state index contributed by atoms with van der Waals surface area (Å²) in [4.78, 5) is 21.7. The molecule has 2 aromatic carbocycles. The van der Waals surface area contributed by atoms with Gasteiger partial charge < -0.3 is 10.4 Å². The third-order valence-corrected chi connectivity index (χ3v) is 4.66. The molecular formula is C21H19BrClN3O2. The van der Waals surface area contributed by atoms with E-state index in [1.54, 1.807) is 32.0 Å². The molecule has 0 saturated heterocycles. The van der Waals surface area contributed by atoms with Crippen molar-refractivity contribution in [3.05, 3.63) is 69.8 Å². The molecule has 0 aliphatic heterocycles. The van der Waals surface area contributed by atoms with Gasteiger partial charge in [0.05, 0.1) is 11.3 Å². The van der Waals surface area contributed by atoms with Gasteiger partial charge in [0.2, 0.25) is 0 Å². The number of aliphatic hydroxyl groups is 1. The fourth-order valence-electron chi connectivity index (χ4n) is 2.45. The lowest BCUT2D eigenvalue weighted by atomic mass is 10.1. The molecule has 0 unspecified atom stereocenters. The fraction of sp³-hybridized carbons (Fsp3) is 0.190. The van der Waals surface area contributed by atoms with Crippen LogP contribution in [-0.2, 0) is 0 Å². The van der Waals surface area contributed by atoms with Gasteiger partial charge in [-0.2, -0.15) is 0 Å². The van der Waals surface area contributed by atoms with Crippen molar-refractivity contribution in [2.75, 3.05) is 6.54 Å². The van der Waals surface area contributed by atoms with E-state index in [4.69, 9.17) is 11.6 Å². The highest BCUT2D eigenvalue weighted by atomic mass is 79.9. The normalized spacial score (nSPS) is 11.3. The minimum Gasteiger partial charge on any atom is -0.389 e. The van der Waals surface area contributed by atoms with Crippen LogP contribution in [0.4, 0.5) is 0 Å². The molecule has 0 aliphatic rings. The average molecular weight is 461 g/mol. The maximum atomic E-state index is 12.6. The zero-order chi connectivity index (χ0) is 20.3. The Balaban J connectivity index is 2.04. The fourth-order valence-corrected chi connectivity index (χ4v) is 2.84. The summed E-state index contributed by atoms with van der Waals surface area (Å²) in [6, 6.07) is 16.4. The van der Waals surface area contributed by atoms with Crippen LogP contribution in [0.1, 0.15) is 24.3 Å². The minimum absolute atomic E-state index is 0.111. The first kappa shape index (κ1) is 20.5. The molecule has 0 fully saturated rings.